The van der Waals surface area contributed by atoms with Gasteiger partial charge in [-0.15, -0.1) is 0 Å². The zero-order valence-electron chi connectivity index (χ0n) is 12.4. The number of esters is 1. The predicted molar refractivity (Wildman–Crippen MR) is 78.5 cm³/mol. The van der Waals surface area contributed by atoms with Crippen molar-refractivity contribution in [3.8, 4) is 0 Å². The number of hydrogen-bond donors (Lipinski definition) is 2. The van der Waals surface area contributed by atoms with Gasteiger partial charge < -0.3 is 19.9 Å². The minimum Gasteiger partial charge on any atom is -0.465 e. The molecule has 0 unspecified atom stereocenters. The molecule has 8 nitrogen and oxygen atoms in total. The van der Waals surface area contributed by atoms with Gasteiger partial charge in [0, 0.05) is 6.54 Å². The third-order valence-corrected chi connectivity index (χ3v) is 3.38. The third-order valence-electron chi connectivity index (χ3n) is 3.38. The molecule has 1 saturated heterocycles. The van der Waals surface area contributed by atoms with Crippen LogP contribution in [0.3, 0.4) is 0 Å². The Kier molecular flexibility index (Phi) is 5.79. The Morgan fingerprint density at radius 3 is 2.78 bits per heavy atom. The maximum absolute atomic E-state index is 11.5. The first-order valence-electron chi connectivity index (χ1n) is 7.18. The lowest BCUT2D eigenvalue weighted by Gasteiger charge is -2.16. The molecule has 124 valence electrons. The highest BCUT2D eigenvalue weighted by atomic mass is 16.6. The summed E-state index contributed by atoms with van der Waals surface area (Å²) in [6.07, 6.45) is -1.04. The van der Waals surface area contributed by atoms with Crippen molar-refractivity contribution in [2.24, 2.45) is 0 Å². The third kappa shape index (κ3) is 4.87. The van der Waals surface area contributed by atoms with Crippen molar-refractivity contribution in [3.63, 3.8) is 0 Å². The number of nitrogens with zero attached hydrogens (tertiary/aromatic N) is 1. The van der Waals surface area contributed by atoms with Gasteiger partial charge in [-0.25, -0.2) is 14.4 Å². The second-order valence-electron chi connectivity index (χ2n) is 4.99. The van der Waals surface area contributed by atoms with Gasteiger partial charge in [-0.1, -0.05) is 30.3 Å². The molecule has 1 aromatic rings. The van der Waals surface area contributed by atoms with Gasteiger partial charge in [0.2, 0.25) is 0 Å². The highest BCUT2D eigenvalue weighted by Gasteiger charge is 2.37. The fourth-order valence-corrected chi connectivity index (χ4v) is 2.17. The van der Waals surface area contributed by atoms with E-state index in [1.807, 2.05) is 30.3 Å². The second kappa shape index (κ2) is 8.02. The summed E-state index contributed by atoms with van der Waals surface area (Å²) in [7, 11) is 0. The highest BCUT2D eigenvalue weighted by molar-refractivity contribution is 5.83. The Morgan fingerprint density at radius 2 is 2.09 bits per heavy atom. The van der Waals surface area contributed by atoms with Crippen LogP contribution in [-0.4, -0.2) is 47.5 Å². The van der Waals surface area contributed by atoms with Crippen LogP contribution in [0.4, 0.5) is 9.59 Å². The number of carbonyl (C=O) groups is 3. The smallest absolute Gasteiger partial charge is 0.410 e. The van der Waals surface area contributed by atoms with Gasteiger partial charge >= 0.3 is 18.2 Å². The van der Waals surface area contributed by atoms with E-state index in [0.29, 0.717) is 6.42 Å². The Balaban J connectivity index is 1.64. The minimum atomic E-state index is -1.20. The standard InChI is InChI=1S/C15H18N2O6/c18-13-12(17(10-23-13)15(20)21)7-4-8-16-14(19)22-9-11-5-2-1-3-6-11/h1-3,5-6,12H,4,7-10H2,(H,16,19)(H,20,21)/t12-/m0/s1. The number of cyclic esters (lactones) is 1. The molecule has 0 spiro atoms. The molecule has 0 aliphatic carbocycles. The quantitative estimate of drug-likeness (QED) is 0.608. The number of rotatable bonds is 6. The van der Waals surface area contributed by atoms with Crippen LogP contribution in [0.2, 0.25) is 0 Å². The molecule has 8 heteroatoms. The van der Waals surface area contributed by atoms with E-state index in [4.69, 9.17) is 14.6 Å². The first-order chi connectivity index (χ1) is 11.1. The fourth-order valence-electron chi connectivity index (χ4n) is 2.17. The molecule has 23 heavy (non-hydrogen) atoms. The van der Waals surface area contributed by atoms with E-state index >= 15 is 0 Å². The molecule has 0 bridgehead atoms. The summed E-state index contributed by atoms with van der Waals surface area (Å²) in [5.41, 5.74) is 0.883. The maximum atomic E-state index is 11.5. The zero-order chi connectivity index (χ0) is 16.7. The van der Waals surface area contributed by atoms with Gasteiger partial charge in [-0.3, -0.25) is 4.90 Å². The van der Waals surface area contributed by atoms with Gasteiger partial charge in [0.25, 0.3) is 0 Å². The van der Waals surface area contributed by atoms with Crippen molar-refractivity contribution >= 4 is 18.2 Å². The molecule has 1 aliphatic heterocycles. The van der Waals surface area contributed by atoms with E-state index in [0.717, 1.165) is 10.5 Å². The normalized spacial score (nSPS) is 16.8. The number of ether oxygens (including phenoxy) is 2. The van der Waals surface area contributed by atoms with Crippen LogP contribution in [-0.2, 0) is 20.9 Å². The largest absolute Gasteiger partial charge is 0.465 e. The molecule has 1 aliphatic rings. The summed E-state index contributed by atoms with van der Waals surface area (Å²) in [4.78, 5) is 34.8. The maximum Gasteiger partial charge on any atom is 0.410 e. The number of nitrogens with one attached hydrogen (secondary N) is 1. The Bertz CT molecular complexity index is 562. The molecule has 1 fully saturated rings. The van der Waals surface area contributed by atoms with Crippen molar-refractivity contribution in [1.29, 1.82) is 0 Å². The Labute approximate surface area is 133 Å². The van der Waals surface area contributed by atoms with Crippen molar-refractivity contribution in [3.05, 3.63) is 35.9 Å². The van der Waals surface area contributed by atoms with Crippen molar-refractivity contribution < 1.29 is 29.0 Å². The van der Waals surface area contributed by atoms with E-state index in [-0.39, 0.29) is 26.3 Å². The molecule has 2 rings (SSSR count). The number of alkyl carbamates (subject to hydrolysis) is 1. The number of carboxylic acid groups (broad SMARTS) is 1. The van der Waals surface area contributed by atoms with E-state index in [2.05, 4.69) is 5.32 Å². The number of amides is 2. The lowest BCUT2D eigenvalue weighted by molar-refractivity contribution is -0.139. The molecule has 1 heterocycles. The average molecular weight is 322 g/mol. The average Bonchev–Trinajstić information content (AvgIpc) is 2.92. The SMILES string of the molecule is O=C(NCCC[C@H]1C(=O)OCN1C(=O)O)OCc1ccccc1. The zero-order valence-corrected chi connectivity index (χ0v) is 12.4. The van der Waals surface area contributed by atoms with Crippen molar-refractivity contribution in [1.82, 2.24) is 10.2 Å². The Morgan fingerprint density at radius 1 is 1.35 bits per heavy atom. The number of benzene rings is 1. The van der Waals surface area contributed by atoms with E-state index < -0.39 is 24.2 Å². The topological polar surface area (TPSA) is 105 Å². The number of hydrogen-bond acceptors (Lipinski definition) is 5. The molecule has 0 saturated carbocycles. The number of carbonyl (C=O) groups excluding carboxylic acids is 2. The summed E-state index contributed by atoms with van der Waals surface area (Å²) < 4.78 is 9.73. The molecule has 1 atom stereocenters. The Hall–Kier alpha value is -2.77. The summed E-state index contributed by atoms with van der Waals surface area (Å²) in [6, 6.07) is 8.46. The van der Waals surface area contributed by atoms with Crippen LogP contribution < -0.4 is 5.32 Å². The van der Waals surface area contributed by atoms with Crippen LogP contribution >= 0.6 is 0 Å². The second-order valence-corrected chi connectivity index (χ2v) is 4.99. The molecule has 1 aromatic carbocycles. The molecule has 0 radical (unpaired) electrons. The van der Waals surface area contributed by atoms with E-state index in [1.54, 1.807) is 0 Å². The van der Waals surface area contributed by atoms with Gasteiger partial charge in [-0.2, -0.15) is 0 Å². The van der Waals surface area contributed by atoms with Gasteiger partial charge in [-0.05, 0) is 18.4 Å². The van der Waals surface area contributed by atoms with Crippen molar-refractivity contribution in [2.45, 2.75) is 25.5 Å². The van der Waals surface area contributed by atoms with Crippen LogP contribution in [0.15, 0.2) is 30.3 Å². The molecule has 2 amide bonds. The van der Waals surface area contributed by atoms with Gasteiger partial charge in [0.1, 0.15) is 12.6 Å². The lowest BCUT2D eigenvalue weighted by atomic mass is 10.1. The first-order valence-corrected chi connectivity index (χ1v) is 7.18. The molecule has 0 aromatic heterocycles. The van der Waals surface area contributed by atoms with Gasteiger partial charge in [0.05, 0.1) is 0 Å². The highest BCUT2D eigenvalue weighted by Crippen LogP contribution is 2.16. The predicted octanol–water partition coefficient (Wildman–Crippen LogP) is 1.56. The van der Waals surface area contributed by atoms with Crippen LogP contribution in [0, 0.1) is 0 Å². The first kappa shape index (κ1) is 16.6. The summed E-state index contributed by atoms with van der Waals surface area (Å²) in [5.74, 6) is -0.556. The summed E-state index contributed by atoms with van der Waals surface area (Å²) >= 11 is 0. The van der Waals surface area contributed by atoms with Crippen LogP contribution in [0.1, 0.15) is 18.4 Å². The summed E-state index contributed by atoms with van der Waals surface area (Å²) in [5, 5.41) is 11.5. The molecule has 2 N–H and O–H groups in total. The van der Waals surface area contributed by atoms with Crippen molar-refractivity contribution in [2.75, 3.05) is 13.3 Å². The molecular formula is C15H18N2O6. The fraction of sp³-hybridized carbons (Fsp3) is 0.400. The van der Waals surface area contributed by atoms with Crippen LogP contribution in [0.25, 0.3) is 0 Å². The van der Waals surface area contributed by atoms with Gasteiger partial charge in [0.15, 0.2) is 6.73 Å². The minimum absolute atomic E-state index is 0.175. The monoisotopic (exact) mass is 322 g/mol. The summed E-state index contributed by atoms with van der Waals surface area (Å²) in [6.45, 7) is 0.213. The van der Waals surface area contributed by atoms with E-state index in [9.17, 15) is 14.4 Å². The molecular weight excluding hydrogens is 304 g/mol. The van der Waals surface area contributed by atoms with E-state index in [1.165, 1.54) is 0 Å². The lowest BCUT2D eigenvalue weighted by Crippen LogP contribution is -2.37. The van der Waals surface area contributed by atoms with Crippen LogP contribution in [0.5, 0.6) is 0 Å².